The molecule has 2 rings (SSSR count). The first-order valence-electron chi connectivity index (χ1n) is 11.4. The molecule has 0 aliphatic heterocycles. The number of rotatable bonds is 10. The molecule has 0 spiro atoms. The Morgan fingerprint density at radius 2 is 1.35 bits per heavy atom. The first-order chi connectivity index (χ1) is 15.9. The van der Waals surface area contributed by atoms with Crippen LogP contribution in [0.5, 0.6) is 0 Å². The maximum atomic E-state index is 13.6. The van der Waals surface area contributed by atoms with Crippen molar-refractivity contribution in [3.63, 3.8) is 0 Å². The lowest BCUT2D eigenvalue weighted by atomic mass is 9.85. The zero-order valence-electron chi connectivity index (χ0n) is 20.3. The van der Waals surface area contributed by atoms with Crippen molar-refractivity contribution in [2.24, 2.45) is 11.1 Å². The number of hydrogen-bond donors (Lipinski definition) is 1. The minimum absolute atomic E-state index is 0.272. The van der Waals surface area contributed by atoms with Gasteiger partial charge in [-0.15, -0.1) is 0 Å². The summed E-state index contributed by atoms with van der Waals surface area (Å²) in [5, 5.41) is 1.21. The van der Waals surface area contributed by atoms with Crippen LogP contribution in [0.4, 0.5) is 9.59 Å². The molecule has 0 saturated heterocycles. The Morgan fingerprint density at radius 3 is 1.74 bits per heavy atom. The maximum absolute atomic E-state index is 13.6. The number of carbonyl (C=O) groups is 2. The molecule has 186 valence electrons. The Morgan fingerprint density at radius 1 is 0.882 bits per heavy atom. The van der Waals surface area contributed by atoms with Gasteiger partial charge in [0, 0.05) is 36.0 Å². The van der Waals surface area contributed by atoms with Gasteiger partial charge in [-0.1, -0.05) is 81.6 Å². The molecule has 8 heteroatoms. The molecule has 0 heterocycles. The van der Waals surface area contributed by atoms with E-state index in [9.17, 15) is 9.59 Å². The highest BCUT2D eigenvalue weighted by atomic mass is 35.5. The highest BCUT2D eigenvalue weighted by Gasteiger charge is 2.42. The summed E-state index contributed by atoms with van der Waals surface area (Å²) in [7, 11) is 0. The predicted octanol–water partition coefficient (Wildman–Crippen LogP) is 7.55. The summed E-state index contributed by atoms with van der Waals surface area (Å²) in [5.41, 5.74) is 6.87. The Bertz CT molecular complexity index is 895. The maximum Gasteiger partial charge on any atom is 0.413 e. The quantitative estimate of drug-likeness (QED) is 0.335. The van der Waals surface area contributed by atoms with Gasteiger partial charge in [-0.2, -0.15) is 0 Å². The van der Waals surface area contributed by atoms with Gasteiger partial charge in [0.1, 0.15) is 0 Å². The number of carbonyl (C=O) groups excluding carboxylic acids is 2. The number of nitrogens with zero attached hydrogens (tertiary/aromatic N) is 1. The number of amides is 2. The summed E-state index contributed by atoms with van der Waals surface area (Å²) in [5.74, 6) is -1.46. The fourth-order valence-electron chi connectivity index (χ4n) is 3.75. The topological polar surface area (TPSA) is 81.9 Å². The third-order valence-electron chi connectivity index (χ3n) is 5.10. The second kappa shape index (κ2) is 12.3. The van der Waals surface area contributed by atoms with Crippen LogP contribution in [0.2, 0.25) is 10.0 Å². The Hall–Kier alpha value is -2.44. The second-order valence-corrected chi connectivity index (χ2v) is 10.5. The van der Waals surface area contributed by atoms with Crippen molar-refractivity contribution < 1.29 is 19.1 Å². The van der Waals surface area contributed by atoms with Crippen molar-refractivity contribution in [1.29, 1.82) is 0 Å². The van der Waals surface area contributed by atoms with Gasteiger partial charge in [0.15, 0.2) is 0 Å². The summed E-state index contributed by atoms with van der Waals surface area (Å²) in [6.45, 7) is 8.53. The largest absolute Gasteiger partial charge is 0.413 e. The molecular weight excluding hydrogens is 475 g/mol. The molecule has 34 heavy (non-hydrogen) atoms. The number of hydrogen-bond acceptors (Lipinski definition) is 4. The molecule has 2 aromatic carbocycles. The van der Waals surface area contributed by atoms with E-state index in [-0.39, 0.29) is 18.5 Å². The molecular formula is C26H34Cl2N2O4. The van der Waals surface area contributed by atoms with Crippen LogP contribution < -0.4 is 5.73 Å². The Kier molecular flexibility index (Phi) is 10.1. The summed E-state index contributed by atoms with van der Waals surface area (Å²) in [6.07, 6.45) is 0.618. The molecule has 0 radical (unpaired) electrons. The fourth-order valence-corrected chi connectivity index (χ4v) is 4.00. The van der Waals surface area contributed by atoms with E-state index in [4.69, 9.17) is 38.4 Å². The Balaban J connectivity index is 2.37. The average Bonchev–Trinajstić information content (AvgIpc) is 2.73. The van der Waals surface area contributed by atoms with E-state index < -0.39 is 18.0 Å². The average molecular weight is 509 g/mol. The molecule has 6 nitrogen and oxygen atoms in total. The normalized spacial score (nSPS) is 13.1. The van der Waals surface area contributed by atoms with Gasteiger partial charge in [0.05, 0.1) is 0 Å². The lowest BCUT2D eigenvalue weighted by molar-refractivity contribution is -0.190. The fraction of sp³-hybridized carbons (Fsp3) is 0.462. The van der Waals surface area contributed by atoms with Crippen molar-refractivity contribution >= 4 is 35.4 Å². The third kappa shape index (κ3) is 9.43. The molecule has 0 saturated carbocycles. The molecule has 2 aromatic rings. The first kappa shape index (κ1) is 27.8. The van der Waals surface area contributed by atoms with Gasteiger partial charge in [-0.3, -0.25) is 4.90 Å². The minimum Gasteiger partial charge on any atom is -0.406 e. The van der Waals surface area contributed by atoms with Gasteiger partial charge < -0.3 is 15.2 Å². The standard InChI is InChI=1S/C26H34Cl2N2O4/c1-5-6-15-26(33-23(29)31,18-25(2,3)4)34-24(32)30(16-19-7-11-21(27)12-8-19)17-20-9-13-22(28)14-10-20/h7-14H,5-6,15-18H2,1-4H3,(H2,29,31)/t26-/m0/s1. The van der Waals surface area contributed by atoms with E-state index in [1.165, 1.54) is 0 Å². The van der Waals surface area contributed by atoms with Gasteiger partial charge in [-0.25, -0.2) is 9.59 Å². The number of halogens is 2. The second-order valence-electron chi connectivity index (χ2n) is 9.65. The van der Waals surface area contributed by atoms with Crippen LogP contribution >= 0.6 is 23.2 Å². The molecule has 1 atom stereocenters. The minimum atomic E-state index is -1.46. The molecule has 2 amide bonds. The zero-order chi connectivity index (χ0) is 25.4. The van der Waals surface area contributed by atoms with E-state index in [1.807, 2.05) is 52.0 Å². The van der Waals surface area contributed by atoms with E-state index in [0.29, 0.717) is 29.3 Å². The van der Waals surface area contributed by atoms with Crippen LogP contribution in [0.3, 0.4) is 0 Å². The van der Waals surface area contributed by atoms with Gasteiger partial charge in [0.2, 0.25) is 0 Å². The molecule has 0 unspecified atom stereocenters. The molecule has 0 bridgehead atoms. The smallest absolute Gasteiger partial charge is 0.406 e. The van der Waals surface area contributed by atoms with E-state index in [2.05, 4.69) is 0 Å². The molecule has 0 aliphatic carbocycles. The SMILES string of the molecule is CCCC[C@](CC(C)(C)C)(OC(N)=O)OC(=O)N(Cc1ccc(Cl)cc1)Cc1ccc(Cl)cc1. The van der Waals surface area contributed by atoms with Crippen molar-refractivity contribution in [2.75, 3.05) is 0 Å². The third-order valence-corrected chi connectivity index (χ3v) is 5.61. The molecule has 0 aromatic heterocycles. The van der Waals surface area contributed by atoms with Crippen LogP contribution in [-0.2, 0) is 22.6 Å². The first-order valence-corrected chi connectivity index (χ1v) is 12.1. The monoisotopic (exact) mass is 508 g/mol. The summed E-state index contributed by atoms with van der Waals surface area (Å²) in [6, 6.07) is 14.5. The number of primary amides is 1. The summed E-state index contributed by atoms with van der Waals surface area (Å²) in [4.78, 5) is 26.9. The van der Waals surface area contributed by atoms with Crippen LogP contribution in [0.1, 0.15) is 64.5 Å². The highest BCUT2D eigenvalue weighted by Crippen LogP contribution is 2.36. The van der Waals surface area contributed by atoms with Crippen molar-refractivity contribution in [3.8, 4) is 0 Å². The number of unbranched alkanes of at least 4 members (excludes halogenated alkanes) is 1. The van der Waals surface area contributed by atoms with E-state index in [0.717, 1.165) is 17.5 Å². The van der Waals surface area contributed by atoms with Crippen LogP contribution in [0.15, 0.2) is 48.5 Å². The molecule has 0 fully saturated rings. The Labute approximate surface area is 212 Å². The van der Waals surface area contributed by atoms with Crippen molar-refractivity contribution in [2.45, 2.75) is 72.3 Å². The summed E-state index contributed by atoms with van der Waals surface area (Å²) >= 11 is 12.0. The van der Waals surface area contributed by atoms with E-state index in [1.54, 1.807) is 29.2 Å². The molecule has 0 aliphatic rings. The van der Waals surface area contributed by atoms with Gasteiger partial charge in [0.25, 0.3) is 5.79 Å². The highest BCUT2D eigenvalue weighted by molar-refractivity contribution is 6.30. The van der Waals surface area contributed by atoms with Crippen LogP contribution in [-0.4, -0.2) is 22.9 Å². The van der Waals surface area contributed by atoms with Crippen LogP contribution in [0, 0.1) is 5.41 Å². The summed E-state index contributed by atoms with van der Waals surface area (Å²) < 4.78 is 11.5. The molecule has 2 N–H and O–H groups in total. The number of benzene rings is 2. The predicted molar refractivity (Wildman–Crippen MR) is 136 cm³/mol. The lowest BCUT2D eigenvalue weighted by Gasteiger charge is -2.38. The van der Waals surface area contributed by atoms with Gasteiger partial charge in [-0.05, 0) is 47.2 Å². The lowest BCUT2D eigenvalue weighted by Crippen LogP contribution is -2.47. The van der Waals surface area contributed by atoms with Gasteiger partial charge >= 0.3 is 12.2 Å². The van der Waals surface area contributed by atoms with E-state index >= 15 is 0 Å². The number of nitrogens with two attached hydrogens (primary N) is 1. The van der Waals surface area contributed by atoms with Crippen molar-refractivity contribution in [1.82, 2.24) is 4.90 Å². The number of ether oxygens (including phenoxy) is 2. The van der Waals surface area contributed by atoms with Crippen LogP contribution in [0.25, 0.3) is 0 Å². The zero-order valence-corrected chi connectivity index (χ0v) is 21.8. The van der Waals surface area contributed by atoms with Crippen molar-refractivity contribution in [3.05, 3.63) is 69.7 Å².